The number of nitrogens with two attached hydrogens (primary N) is 1. The highest BCUT2D eigenvalue weighted by Gasteiger charge is 2.40. The van der Waals surface area contributed by atoms with E-state index in [1.807, 2.05) is 0 Å². The lowest BCUT2D eigenvalue weighted by Crippen LogP contribution is -2.42. The van der Waals surface area contributed by atoms with Gasteiger partial charge in [-0.3, -0.25) is 0 Å². The van der Waals surface area contributed by atoms with E-state index in [4.69, 9.17) is 5.73 Å². The van der Waals surface area contributed by atoms with Crippen LogP contribution < -0.4 is 11.1 Å². The molecule has 152 valence electrons. The fourth-order valence-electron chi connectivity index (χ4n) is 3.86. The quantitative estimate of drug-likeness (QED) is 0.796. The predicted octanol–water partition coefficient (Wildman–Crippen LogP) is 2.57. The molecule has 2 heterocycles. The molecule has 27 heavy (non-hydrogen) atoms. The van der Waals surface area contributed by atoms with Crippen molar-refractivity contribution in [1.29, 1.82) is 0 Å². The lowest BCUT2D eigenvalue weighted by atomic mass is 9.98. The van der Waals surface area contributed by atoms with Crippen molar-refractivity contribution in [3.63, 3.8) is 0 Å². The smallest absolute Gasteiger partial charge is 0.383 e. The first-order chi connectivity index (χ1) is 12.6. The lowest BCUT2D eigenvalue weighted by Gasteiger charge is -2.31. The molecule has 1 aliphatic heterocycles. The van der Waals surface area contributed by atoms with E-state index in [2.05, 4.69) is 15.3 Å². The third-order valence-corrected chi connectivity index (χ3v) is 6.55. The van der Waals surface area contributed by atoms with Crippen LogP contribution in [0.5, 0.6) is 0 Å². The van der Waals surface area contributed by atoms with Crippen LogP contribution in [0.3, 0.4) is 0 Å². The highest BCUT2D eigenvalue weighted by molar-refractivity contribution is 7.88. The van der Waals surface area contributed by atoms with Gasteiger partial charge >= 0.3 is 6.18 Å². The average molecular weight is 407 g/mol. The Labute approximate surface area is 156 Å². The van der Waals surface area contributed by atoms with Gasteiger partial charge in [0.1, 0.15) is 11.4 Å². The van der Waals surface area contributed by atoms with Crippen molar-refractivity contribution in [2.45, 2.75) is 56.7 Å². The van der Waals surface area contributed by atoms with E-state index in [1.54, 1.807) is 0 Å². The number of sulfonamides is 1. The summed E-state index contributed by atoms with van der Waals surface area (Å²) in [7, 11) is -3.24. The van der Waals surface area contributed by atoms with Crippen LogP contribution >= 0.6 is 0 Å². The average Bonchev–Trinajstić information content (AvgIpc) is 3.07. The molecular weight excluding hydrogens is 383 g/mol. The maximum Gasteiger partial charge on any atom is 0.421 e. The van der Waals surface area contributed by atoms with Crippen molar-refractivity contribution in [1.82, 2.24) is 14.3 Å². The fourth-order valence-corrected chi connectivity index (χ4v) is 4.73. The van der Waals surface area contributed by atoms with E-state index in [9.17, 15) is 21.6 Å². The van der Waals surface area contributed by atoms with Gasteiger partial charge in [-0.2, -0.15) is 18.2 Å². The zero-order chi connectivity index (χ0) is 19.8. The van der Waals surface area contributed by atoms with Gasteiger partial charge in [-0.1, -0.05) is 12.8 Å². The summed E-state index contributed by atoms with van der Waals surface area (Å²) in [4.78, 5) is 8.03. The van der Waals surface area contributed by atoms with Gasteiger partial charge in [0.2, 0.25) is 16.0 Å². The molecule has 7 nitrogen and oxygen atoms in total. The van der Waals surface area contributed by atoms with Crippen LogP contribution in [-0.4, -0.2) is 48.1 Å². The molecule has 3 rings (SSSR count). The highest BCUT2D eigenvalue weighted by atomic mass is 32.2. The Morgan fingerprint density at radius 3 is 2.22 bits per heavy atom. The largest absolute Gasteiger partial charge is 0.421 e. The molecule has 0 aromatic carbocycles. The van der Waals surface area contributed by atoms with Crippen molar-refractivity contribution >= 4 is 21.8 Å². The Balaban J connectivity index is 1.81. The van der Waals surface area contributed by atoms with Gasteiger partial charge in [-0.15, -0.1) is 0 Å². The molecule has 3 N–H and O–H groups in total. The standard InChI is InChI=1S/C16H24F3N5O2S/c1-27(25,26)24-8-6-11(7-9-24)21-15-22-13(10-4-2-3-5-10)12(14(20)23-15)16(17,18)19/h10-11H,2-9H2,1H3,(H3,20,21,22,23). The lowest BCUT2D eigenvalue weighted by molar-refractivity contribution is -0.138. The number of hydrogen-bond donors (Lipinski definition) is 2. The molecule has 2 fully saturated rings. The predicted molar refractivity (Wildman–Crippen MR) is 95.7 cm³/mol. The molecule has 0 bridgehead atoms. The summed E-state index contributed by atoms with van der Waals surface area (Å²) in [5, 5.41) is 3.05. The second-order valence-electron chi connectivity index (χ2n) is 7.25. The van der Waals surface area contributed by atoms with Crippen molar-refractivity contribution in [3.8, 4) is 0 Å². The number of nitrogens with one attached hydrogen (secondary N) is 1. The SMILES string of the molecule is CS(=O)(=O)N1CCC(Nc2nc(N)c(C(F)(F)F)c(C3CCCC3)n2)CC1. The van der Waals surface area contributed by atoms with E-state index in [0.717, 1.165) is 19.1 Å². The van der Waals surface area contributed by atoms with Gasteiger partial charge in [-0.05, 0) is 25.7 Å². The monoisotopic (exact) mass is 407 g/mol. The van der Waals surface area contributed by atoms with Crippen LogP contribution in [0.2, 0.25) is 0 Å². The molecule has 2 aliphatic rings. The van der Waals surface area contributed by atoms with E-state index < -0.39 is 27.6 Å². The van der Waals surface area contributed by atoms with E-state index in [1.165, 1.54) is 4.31 Å². The van der Waals surface area contributed by atoms with E-state index >= 15 is 0 Å². The fraction of sp³-hybridized carbons (Fsp3) is 0.750. The molecule has 11 heteroatoms. The maximum atomic E-state index is 13.5. The number of nitrogens with zero attached hydrogens (tertiary/aromatic N) is 3. The Morgan fingerprint density at radius 2 is 1.70 bits per heavy atom. The van der Waals surface area contributed by atoms with E-state index in [-0.39, 0.29) is 23.6 Å². The first kappa shape index (κ1) is 20.1. The summed E-state index contributed by atoms with van der Waals surface area (Å²) < 4.78 is 64.9. The summed E-state index contributed by atoms with van der Waals surface area (Å²) in [6, 6.07) is -0.115. The van der Waals surface area contributed by atoms with Crippen LogP contribution in [0, 0.1) is 0 Å². The Bertz CT molecular complexity index is 786. The topological polar surface area (TPSA) is 101 Å². The van der Waals surface area contributed by atoms with Gasteiger partial charge < -0.3 is 11.1 Å². The third-order valence-electron chi connectivity index (χ3n) is 5.25. The van der Waals surface area contributed by atoms with Gasteiger partial charge in [0.05, 0.1) is 11.9 Å². The van der Waals surface area contributed by atoms with Crippen molar-refractivity contribution in [2.75, 3.05) is 30.4 Å². The van der Waals surface area contributed by atoms with Crippen molar-refractivity contribution in [2.24, 2.45) is 0 Å². The van der Waals surface area contributed by atoms with Crippen LogP contribution in [0.15, 0.2) is 0 Å². The maximum absolute atomic E-state index is 13.5. The minimum Gasteiger partial charge on any atom is -0.383 e. The van der Waals surface area contributed by atoms with Gasteiger partial charge in [0, 0.05) is 25.0 Å². The second-order valence-corrected chi connectivity index (χ2v) is 9.23. The first-order valence-corrected chi connectivity index (χ1v) is 10.9. The number of aromatic nitrogens is 2. The Kier molecular flexibility index (Phi) is 5.53. The number of anilines is 2. The van der Waals surface area contributed by atoms with Crippen LogP contribution in [0.25, 0.3) is 0 Å². The summed E-state index contributed by atoms with van der Waals surface area (Å²) in [6.45, 7) is 0.699. The molecule has 1 aromatic heterocycles. The minimum absolute atomic E-state index is 0.0245. The van der Waals surface area contributed by atoms with Crippen LogP contribution in [0.4, 0.5) is 24.9 Å². The number of piperidine rings is 1. The summed E-state index contributed by atoms with van der Waals surface area (Å²) in [5.41, 5.74) is 4.71. The third kappa shape index (κ3) is 4.63. The number of nitrogen functional groups attached to an aromatic ring is 1. The molecule has 0 spiro atoms. The van der Waals surface area contributed by atoms with Gasteiger partial charge in [0.25, 0.3) is 0 Å². The number of alkyl halides is 3. The molecule has 1 aliphatic carbocycles. The molecular formula is C16H24F3N5O2S. The van der Waals surface area contributed by atoms with Crippen molar-refractivity contribution < 1.29 is 21.6 Å². The molecule has 0 unspecified atom stereocenters. The molecule has 1 saturated carbocycles. The Hall–Kier alpha value is -1.62. The summed E-state index contributed by atoms with van der Waals surface area (Å²) in [5.74, 6) is -0.741. The second kappa shape index (κ2) is 7.42. The van der Waals surface area contributed by atoms with Gasteiger partial charge in [-0.25, -0.2) is 17.7 Å². The zero-order valence-corrected chi connectivity index (χ0v) is 15.9. The number of rotatable bonds is 4. The molecule has 1 aromatic rings. The van der Waals surface area contributed by atoms with Crippen LogP contribution in [0.1, 0.15) is 55.7 Å². The minimum atomic E-state index is -4.60. The molecule has 1 saturated heterocycles. The molecule has 0 radical (unpaired) electrons. The summed E-state index contributed by atoms with van der Waals surface area (Å²) >= 11 is 0. The van der Waals surface area contributed by atoms with E-state index in [0.29, 0.717) is 38.8 Å². The first-order valence-electron chi connectivity index (χ1n) is 9.02. The van der Waals surface area contributed by atoms with Gasteiger partial charge in [0.15, 0.2) is 0 Å². The number of hydrogen-bond acceptors (Lipinski definition) is 6. The Morgan fingerprint density at radius 1 is 1.11 bits per heavy atom. The zero-order valence-electron chi connectivity index (χ0n) is 15.1. The number of halogens is 3. The van der Waals surface area contributed by atoms with Crippen molar-refractivity contribution in [3.05, 3.63) is 11.3 Å². The normalized spacial score (nSPS) is 20.9. The molecule has 0 amide bonds. The van der Waals surface area contributed by atoms with Crippen LogP contribution in [-0.2, 0) is 16.2 Å². The molecule has 0 atom stereocenters. The summed E-state index contributed by atoms with van der Waals surface area (Å²) in [6.07, 6.45) is 0.677. The highest BCUT2D eigenvalue weighted by Crippen LogP contribution is 2.43.